The lowest BCUT2D eigenvalue weighted by atomic mass is 10.1. The molecule has 5 rings (SSSR count). The van der Waals surface area contributed by atoms with Crippen molar-refractivity contribution in [2.45, 2.75) is 32.6 Å². The third-order valence-corrected chi connectivity index (χ3v) is 6.25. The van der Waals surface area contributed by atoms with Crippen LogP contribution in [0.25, 0.3) is 33.5 Å². The Bertz CT molecular complexity index is 1330. The summed E-state index contributed by atoms with van der Waals surface area (Å²) in [6.45, 7) is 4.68. The van der Waals surface area contributed by atoms with Gasteiger partial charge in [-0.05, 0) is 62.1 Å². The zero-order chi connectivity index (χ0) is 23.5. The molecule has 2 aromatic heterocycles. The molecule has 1 saturated heterocycles. The standard InChI is InChI=1S/C25H29N7O2/c1-16(33)26-10-5-11-27-25(34)17-6-8-20-19(14-17)23(31-30-20)24-28-21-9-7-18(15-22(21)29-24)32-12-3-2-4-13-32/h6-9,14-15H,2-5,10-13H2,1H3,(H,26,33)(H,27,34)(H,28,29)(H,30,31). The molecule has 0 atom stereocenters. The number of carbonyl (C=O) groups is 2. The Kier molecular flexibility index (Phi) is 6.16. The number of amides is 2. The zero-order valence-corrected chi connectivity index (χ0v) is 19.3. The van der Waals surface area contributed by atoms with Crippen molar-refractivity contribution in [2.75, 3.05) is 31.1 Å². The Morgan fingerprint density at radius 2 is 1.82 bits per heavy atom. The summed E-state index contributed by atoms with van der Waals surface area (Å²) in [5.41, 5.74) is 5.16. The second kappa shape index (κ2) is 9.54. The summed E-state index contributed by atoms with van der Waals surface area (Å²) < 4.78 is 0. The van der Waals surface area contributed by atoms with E-state index in [2.05, 4.69) is 42.8 Å². The quantitative estimate of drug-likeness (QED) is 0.316. The van der Waals surface area contributed by atoms with Crippen molar-refractivity contribution < 1.29 is 9.59 Å². The molecule has 1 fully saturated rings. The van der Waals surface area contributed by atoms with Gasteiger partial charge in [0.2, 0.25) is 5.91 Å². The fourth-order valence-electron chi connectivity index (χ4n) is 4.45. The molecule has 4 aromatic rings. The molecule has 0 spiro atoms. The van der Waals surface area contributed by atoms with Crippen molar-refractivity contribution in [3.05, 3.63) is 42.0 Å². The minimum atomic E-state index is -0.160. The number of nitrogens with one attached hydrogen (secondary N) is 4. The fraction of sp³-hybridized carbons (Fsp3) is 0.360. The molecule has 1 aliphatic rings. The number of aromatic amines is 2. The largest absolute Gasteiger partial charge is 0.371 e. The number of hydrogen-bond donors (Lipinski definition) is 4. The summed E-state index contributed by atoms with van der Waals surface area (Å²) in [6, 6.07) is 11.8. The number of anilines is 1. The van der Waals surface area contributed by atoms with E-state index >= 15 is 0 Å². The summed E-state index contributed by atoms with van der Waals surface area (Å²) in [5, 5.41) is 14.0. The molecule has 1 aliphatic heterocycles. The SMILES string of the molecule is CC(=O)NCCCNC(=O)c1ccc2[nH]nc(-c3nc4ccc(N5CCCCC5)cc4[nH]3)c2c1. The first-order chi connectivity index (χ1) is 16.6. The molecule has 0 radical (unpaired) electrons. The number of imidazole rings is 1. The maximum absolute atomic E-state index is 12.6. The van der Waals surface area contributed by atoms with Gasteiger partial charge in [-0.2, -0.15) is 5.10 Å². The summed E-state index contributed by atoms with van der Waals surface area (Å²) in [7, 11) is 0. The monoisotopic (exact) mass is 459 g/mol. The number of hydrogen-bond acceptors (Lipinski definition) is 5. The van der Waals surface area contributed by atoms with Gasteiger partial charge >= 0.3 is 0 Å². The third kappa shape index (κ3) is 4.59. The molecule has 0 bridgehead atoms. The Balaban J connectivity index is 1.36. The number of nitrogens with zero attached hydrogens (tertiary/aromatic N) is 3. The van der Waals surface area contributed by atoms with Gasteiger partial charge in [0.05, 0.1) is 16.6 Å². The third-order valence-electron chi connectivity index (χ3n) is 6.25. The molecular weight excluding hydrogens is 430 g/mol. The van der Waals surface area contributed by atoms with Gasteiger partial charge < -0.3 is 20.5 Å². The minimum absolute atomic E-state index is 0.0717. The molecule has 34 heavy (non-hydrogen) atoms. The second-order valence-corrected chi connectivity index (χ2v) is 8.76. The highest BCUT2D eigenvalue weighted by Crippen LogP contribution is 2.29. The van der Waals surface area contributed by atoms with E-state index in [4.69, 9.17) is 4.98 Å². The first-order valence-electron chi connectivity index (χ1n) is 11.8. The van der Waals surface area contributed by atoms with E-state index in [1.165, 1.54) is 31.9 Å². The van der Waals surface area contributed by atoms with Crippen LogP contribution < -0.4 is 15.5 Å². The van der Waals surface area contributed by atoms with E-state index in [-0.39, 0.29) is 11.8 Å². The highest BCUT2D eigenvalue weighted by Gasteiger charge is 2.17. The lowest BCUT2D eigenvalue weighted by Gasteiger charge is -2.28. The summed E-state index contributed by atoms with van der Waals surface area (Å²) in [4.78, 5) is 34.2. The molecular formula is C25H29N7O2. The van der Waals surface area contributed by atoms with Crippen molar-refractivity contribution in [1.29, 1.82) is 0 Å². The number of rotatable bonds is 7. The first kappa shape index (κ1) is 21.9. The Morgan fingerprint density at radius 1 is 1.00 bits per heavy atom. The van der Waals surface area contributed by atoms with E-state index in [1.54, 1.807) is 6.07 Å². The highest BCUT2D eigenvalue weighted by atomic mass is 16.2. The Hall–Kier alpha value is -3.88. The number of H-pyrrole nitrogens is 2. The number of benzene rings is 2. The van der Waals surface area contributed by atoms with E-state index in [9.17, 15) is 9.59 Å². The van der Waals surface area contributed by atoms with E-state index in [1.807, 2.05) is 18.2 Å². The van der Waals surface area contributed by atoms with Crippen molar-refractivity contribution in [3.63, 3.8) is 0 Å². The molecule has 4 N–H and O–H groups in total. The van der Waals surface area contributed by atoms with Crippen LogP contribution >= 0.6 is 0 Å². The van der Waals surface area contributed by atoms with Gasteiger partial charge in [0.1, 0.15) is 5.69 Å². The number of piperidine rings is 1. The van der Waals surface area contributed by atoms with Gasteiger partial charge in [0, 0.05) is 49.7 Å². The van der Waals surface area contributed by atoms with Gasteiger partial charge in [0.25, 0.3) is 5.91 Å². The predicted octanol–water partition coefficient (Wildman–Crippen LogP) is 3.35. The van der Waals surface area contributed by atoms with Crippen LogP contribution in [0.5, 0.6) is 0 Å². The van der Waals surface area contributed by atoms with Crippen molar-refractivity contribution in [1.82, 2.24) is 30.8 Å². The lowest BCUT2D eigenvalue weighted by Crippen LogP contribution is -2.29. The average molecular weight is 460 g/mol. The molecule has 0 unspecified atom stereocenters. The zero-order valence-electron chi connectivity index (χ0n) is 19.3. The first-order valence-corrected chi connectivity index (χ1v) is 11.8. The summed E-state index contributed by atoms with van der Waals surface area (Å²) in [5.74, 6) is 0.440. The summed E-state index contributed by atoms with van der Waals surface area (Å²) >= 11 is 0. The van der Waals surface area contributed by atoms with E-state index in [0.29, 0.717) is 36.6 Å². The van der Waals surface area contributed by atoms with Crippen LogP contribution in [-0.4, -0.2) is 58.2 Å². The molecule has 2 amide bonds. The number of fused-ring (bicyclic) bond motifs is 2. The molecule has 9 heteroatoms. The van der Waals surface area contributed by atoms with Crippen LogP contribution in [0.4, 0.5) is 5.69 Å². The lowest BCUT2D eigenvalue weighted by molar-refractivity contribution is -0.118. The van der Waals surface area contributed by atoms with Crippen molar-refractivity contribution in [3.8, 4) is 11.5 Å². The van der Waals surface area contributed by atoms with Crippen LogP contribution in [0, 0.1) is 0 Å². The van der Waals surface area contributed by atoms with Crippen LogP contribution in [0.2, 0.25) is 0 Å². The van der Waals surface area contributed by atoms with Crippen LogP contribution in [0.1, 0.15) is 43.0 Å². The van der Waals surface area contributed by atoms with E-state index < -0.39 is 0 Å². The fourth-order valence-corrected chi connectivity index (χ4v) is 4.45. The topological polar surface area (TPSA) is 119 Å². The highest BCUT2D eigenvalue weighted by molar-refractivity contribution is 6.01. The molecule has 176 valence electrons. The van der Waals surface area contributed by atoms with Crippen molar-refractivity contribution >= 4 is 39.4 Å². The molecule has 2 aromatic carbocycles. The number of carbonyl (C=O) groups excluding carboxylic acids is 2. The minimum Gasteiger partial charge on any atom is -0.371 e. The van der Waals surface area contributed by atoms with Crippen LogP contribution in [0.3, 0.4) is 0 Å². The molecule has 0 aliphatic carbocycles. The maximum atomic E-state index is 12.6. The smallest absolute Gasteiger partial charge is 0.251 e. The normalized spacial score (nSPS) is 14.0. The Morgan fingerprint density at radius 3 is 2.65 bits per heavy atom. The summed E-state index contributed by atoms with van der Waals surface area (Å²) in [6.07, 6.45) is 4.44. The van der Waals surface area contributed by atoms with Crippen LogP contribution in [0.15, 0.2) is 36.4 Å². The molecule has 0 saturated carbocycles. The van der Waals surface area contributed by atoms with Gasteiger partial charge in [-0.3, -0.25) is 14.7 Å². The molecule has 9 nitrogen and oxygen atoms in total. The van der Waals surface area contributed by atoms with Crippen LogP contribution in [-0.2, 0) is 4.79 Å². The van der Waals surface area contributed by atoms with Crippen molar-refractivity contribution in [2.24, 2.45) is 0 Å². The van der Waals surface area contributed by atoms with E-state index in [0.717, 1.165) is 35.0 Å². The van der Waals surface area contributed by atoms with Gasteiger partial charge in [-0.15, -0.1) is 0 Å². The molecule has 3 heterocycles. The Labute approximate surface area is 197 Å². The van der Waals surface area contributed by atoms with Gasteiger partial charge in [-0.25, -0.2) is 4.98 Å². The second-order valence-electron chi connectivity index (χ2n) is 8.76. The average Bonchev–Trinajstić information content (AvgIpc) is 3.47. The maximum Gasteiger partial charge on any atom is 0.251 e. The number of aromatic nitrogens is 4. The van der Waals surface area contributed by atoms with Gasteiger partial charge in [-0.1, -0.05) is 0 Å². The van der Waals surface area contributed by atoms with Gasteiger partial charge in [0.15, 0.2) is 5.82 Å². The predicted molar refractivity (Wildman–Crippen MR) is 133 cm³/mol.